The van der Waals surface area contributed by atoms with Gasteiger partial charge < -0.3 is 84.2 Å². The highest BCUT2D eigenvalue weighted by Gasteiger charge is 2.69. The van der Waals surface area contributed by atoms with E-state index in [1.54, 1.807) is 6.92 Å². The first-order valence-corrected chi connectivity index (χ1v) is 25.3. The quantitative estimate of drug-likeness (QED) is 0.0863. The largest absolute Gasteiger partial charge is 0.459 e. The molecule has 10 N–H and O–H groups in total. The van der Waals surface area contributed by atoms with E-state index in [2.05, 4.69) is 41.5 Å². The molecule has 3 heterocycles. The lowest BCUT2D eigenvalue weighted by Gasteiger charge is -2.61. The number of hydrogen-bond donors (Lipinski definition) is 10. The highest BCUT2D eigenvalue weighted by molar-refractivity contribution is 5.66. The van der Waals surface area contributed by atoms with Gasteiger partial charge in [0.2, 0.25) is 0 Å². The van der Waals surface area contributed by atoms with E-state index < -0.39 is 128 Å². The fourth-order valence-corrected chi connectivity index (χ4v) is 14.8. The molecule has 18 heteroatoms. The van der Waals surface area contributed by atoms with E-state index in [0.717, 1.165) is 38.5 Å². The van der Waals surface area contributed by atoms with E-state index in [1.165, 1.54) is 13.8 Å². The first-order chi connectivity index (χ1) is 31.5. The average Bonchev–Trinajstić information content (AvgIpc) is 3.51. The molecule has 388 valence electrons. The maximum atomic E-state index is 13.1. The van der Waals surface area contributed by atoms with Crippen molar-refractivity contribution in [2.45, 2.75) is 237 Å². The molecule has 7 aliphatic rings. The van der Waals surface area contributed by atoms with Crippen LogP contribution in [0, 0.1) is 58.2 Å². The molecular weight excluding hydrogens is 877 g/mol. The maximum Gasteiger partial charge on any atom is 0.303 e. The number of aliphatic hydroxyl groups is 10. The van der Waals surface area contributed by atoms with Gasteiger partial charge in [0.1, 0.15) is 73.2 Å². The summed E-state index contributed by atoms with van der Waals surface area (Å²) in [5, 5.41) is 108. The van der Waals surface area contributed by atoms with Crippen LogP contribution in [0.3, 0.4) is 0 Å². The van der Waals surface area contributed by atoms with Crippen LogP contribution >= 0.6 is 0 Å². The van der Waals surface area contributed by atoms with Gasteiger partial charge in [-0.05, 0) is 117 Å². The minimum Gasteiger partial charge on any atom is -0.459 e. The number of rotatable bonds is 14. The van der Waals surface area contributed by atoms with Gasteiger partial charge in [0.05, 0.1) is 31.0 Å². The predicted octanol–water partition coefficient (Wildman–Crippen LogP) is 1.12. The molecule has 7 rings (SSSR count). The minimum absolute atomic E-state index is 0.0828. The topological polar surface area (TPSA) is 284 Å². The van der Waals surface area contributed by atoms with Gasteiger partial charge in [-0.15, -0.1) is 0 Å². The summed E-state index contributed by atoms with van der Waals surface area (Å²) < 4.78 is 43.7. The zero-order valence-corrected chi connectivity index (χ0v) is 40.9. The van der Waals surface area contributed by atoms with Crippen molar-refractivity contribution in [3.05, 3.63) is 0 Å². The first kappa shape index (κ1) is 53.6. The molecule has 18 nitrogen and oxygen atoms in total. The molecule has 0 aromatic carbocycles. The molecule has 0 amide bonds. The summed E-state index contributed by atoms with van der Waals surface area (Å²) in [6.07, 6.45) is -16.6. The third-order valence-electron chi connectivity index (χ3n) is 18.4. The number of ether oxygens (including phenoxy) is 7. The van der Waals surface area contributed by atoms with Gasteiger partial charge in [-0.25, -0.2) is 0 Å². The van der Waals surface area contributed by atoms with Crippen LogP contribution in [-0.4, -0.2) is 180 Å². The van der Waals surface area contributed by atoms with Crippen LogP contribution < -0.4 is 0 Å². The first-order valence-electron chi connectivity index (χ1n) is 25.3. The van der Waals surface area contributed by atoms with Crippen LogP contribution in [0.5, 0.6) is 0 Å². The third-order valence-corrected chi connectivity index (χ3v) is 18.4. The van der Waals surface area contributed by atoms with E-state index in [-0.39, 0.29) is 58.9 Å². The van der Waals surface area contributed by atoms with Gasteiger partial charge in [0.25, 0.3) is 0 Å². The second-order valence-corrected chi connectivity index (χ2v) is 22.6. The lowest BCUT2D eigenvalue weighted by atomic mass is 9.44. The molecule has 28 atom stereocenters. The normalized spacial score (nSPS) is 51.6. The van der Waals surface area contributed by atoms with Crippen LogP contribution in [0.1, 0.15) is 120 Å². The summed E-state index contributed by atoms with van der Waals surface area (Å²) in [7, 11) is 0. The van der Waals surface area contributed by atoms with Gasteiger partial charge >= 0.3 is 5.97 Å². The zero-order valence-electron chi connectivity index (χ0n) is 40.9. The van der Waals surface area contributed by atoms with E-state index in [9.17, 15) is 55.9 Å². The van der Waals surface area contributed by atoms with Crippen molar-refractivity contribution < 1.29 is 89.0 Å². The fraction of sp³-hybridized carbons (Fsp3) is 0.980. The minimum atomic E-state index is -1.68. The lowest BCUT2D eigenvalue weighted by Crippen LogP contribution is -2.64. The Kier molecular flexibility index (Phi) is 16.9. The third kappa shape index (κ3) is 10.0. The van der Waals surface area contributed by atoms with Crippen molar-refractivity contribution in [1.29, 1.82) is 0 Å². The molecule has 67 heavy (non-hydrogen) atoms. The maximum absolute atomic E-state index is 13.1. The lowest BCUT2D eigenvalue weighted by molar-refractivity contribution is -0.371. The second-order valence-electron chi connectivity index (χ2n) is 22.6. The van der Waals surface area contributed by atoms with E-state index in [4.69, 9.17) is 33.2 Å². The monoisotopic (exact) mass is 961 g/mol. The smallest absolute Gasteiger partial charge is 0.303 e. The Labute approximate surface area is 395 Å². The number of fused-ring (bicyclic) bond motifs is 5. The summed E-state index contributed by atoms with van der Waals surface area (Å²) >= 11 is 0. The van der Waals surface area contributed by atoms with Crippen molar-refractivity contribution in [1.82, 2.24) is 0 Å². The van der Waals surface area contributed by atoms with Crippen molar-refractivity contribution in [2.24, 2.45) is 58.2 Å². The fourth-order valence-electron chi connectivity index (χ4n) is 14.8. The SMILES string of the molecule is CCC(C(C)C)C(O)CC(C)C1C(OC(C)=O)C(OC2OC(C)C(O)C(O)C2O)C2C3CCC4CC(OC5OC(CO)C(O)C(O)C5OC5OC(C)C(O)C(O)C5O)CCC4(C)C3CCC12C. The Morgan fingerprint density at radius 1 is 0.687 bits per heavy atom. The van der Waals surface area contributed by atoms with Crippen LogP contribution in [0.15, 0.2) is 0 Å². The Bertz CT molecular complexity index is 1640. The van der Waals surface area contributed by atoms with Crippen LogP contribution in [0.4, 0.5) is 0 Å². The van der Waals surface area contributed by atoms with Gasteiger partial charge in [-0.2, -0.15) is 0 Å². The molecule has 0 radical (unpaired) electrons. The molecule has 3 saturated heterocycles. The van der Waals surface area contributed by atoms with E-state index >= 15 is 0 Å². The Balaban J connectivity index is 1.15. The van der Waals surface area contributed by atoms with Gasteiger partial charge in [0, 0.05) is 12.8 Å². The molecule has 0 spiro atoms. The number of carbonyl (C=O) groups excluding carboxylic acids is 1. The number of aliphatic hydroxyl groups excluding tert-OH is 10. The molecule has 4 saturated carbocycles. The molecule has 3 aliphatic heterocycles. The van der Waals surface area contributed by atoms with Crippen molar-refractivity contribution in [3.63, 3.8) is 0 Å². The Morgan fingerprint density at radius 2 is 1.27 bits per heavy atom. The molecule has 4 aliphatic carbocycles. The average molecular weight is 961 g/mol. The highest BCUT2D eigenvalue weighted by Crippen LogP contribution is 2.69. The van der Waals surface area contributed by atoms with Gasteiger partial charge in [-0.1, -0.05) is 48.0 Å². The van der Waals surface area contributed by atoms with Gasteiger partial charge in [0.15, 0.2) is 18.9 Å². The summed E-state index contributed by atoms with van der Waals surface area (Å²) in [6, 6.07) is 0. The summed E-state index contributed by atoms with van der Waals surface area (Å²) in [5.41, 5.74) is -0.604. The van der Waals surface area contributed by atoms with Crippen molar-refractivity contribution in [2.75, 3.05) is 6.61 Å². The van der Waals surface area contributed by atoms with E-state index in [1.807, 2.05) is 0 Å². The second kappa shape index (κ2) is 21.1. The van der Waals surface area contributed by atoms with Crippen molar-refractivity contribution in [3.8, 4) is 0 Å². The van der Waals surface area contributed by atoms with Gasteiger partial charge in [-0.3, -0.25) is 4.79 Å². The standard InChI is InChI=1S/C49H84O18/c1-10-27(20(2)3)30(52)17-21(4)32-42(63-24(7)51)43(66-45-40(59)37(56)34(53)22(5)61-45)33-28-12-11-25-18-26(13-15-48(25,8)29(28)14-16-49(32,33)9)64-47-44(39(58)36(55)31(19-50)65-47)67-46-41(60)38(57)35(54)23(6)62-46/h20-23,25-47,50,52-60H,10-19H2,1-9H3. The van der Waals surface area contributed by atoms with E-state index in [0.29, 0.717) is 19.3 Å². The molecule has 0 aromatic heterocycles. The zero-order chi connectivity index (χ0) is 49.2. The number of esters is 1. The highest BCUT2D eigenvalue weighted by atomic mass is 16.8. The van der Waals surface area contributed by atoms with Crippen LogP contribution in [0.2, 0.25) is 0 Å². The number of carbonyl (C=O) groups is 1. The molecule has 0 bridgehead atoms. The predicted molar refractivity (Wildman–Crippen MR) is 237 cm³/mol. The van der Waals surface area contributed by atoms with Crippen LogP contribution in [-0.2, 0) is 38.0 Å². The molecule has 28 unspecified atom stereocenters. The summed E-state index contributed by atoms with van der Waals surface area (Å²) in [4.78, 5) is 13.1. The Hall–Kier alpha value is -1.17. The van der Waals surface area contributed by atoms with Crippen molar-refractivity contribution >= 4 is 5.97 Å². The van der Waals surface area contributed by atoms with Crippen LogP contribution in [0.25, 0.3) is 0 Å². The molecule has 0 aromatic rings. The summed E-state index contributed by atoms with van der Waals surface area (Å²) in [5.74, 6) is -0.143. The Morgan fingerprint density at radius 3 is 1.82 bits per heavy atom. The summed E-state index contributed by atoms with van der Waals surface area (Å²) in [6.45, 7) is 17.0. The molecule has 7 fully saturated rings. The molecular formula is C49H84O18. The number of hydrogen-bond acceptors (Lipinski definition) is 18.